The first-order valence-corrected chi connectivity index (χ1v) is 7.23. The first-order valence-electron chi connectivity index (χ1n) is 7.23. The van der Waals surface area contributed by atoms with Crippen molar-refractivity contribution in [2.24, 2.45) is 0 Å². The van der Waals surface area contributed by atoms with Crippen LogP contribution in [0.15, 0.2) is 30.3 Å². The van der Waals surface area contributed by atoms with Crippen molar-refractivity contribution in [2.75, 3.05) is 13.6 Å². The van der Waals surface area contributed by atoms with Gasteiger partial charge in [-0.1, -0.05) is 43.2 Å². The van der Waals surface area contributed by atoms with E-state index in [0.29, 0.717) is 13.0 Å². The quantitative estimate of drug-likeness (QED) is 0.709. The number of rotatable bonds is 9. The topological polar surface area (TPSA) is 66.8 Å². The van der Waals surface area contributed by atoms with Gasteiger partial charge in [0, 0.05) is 20.0 Å². The molecule has 5 nitrogen and oxygen atoms in total. The normalized spacial score (nSPS) is 10.1. The van der Waals surface area contributed by atoms with E-state index in [2.05, 4.69) is 0 Å². The van der Waals surface area contributed by atoms with Crippen molar-refractivity contribution in [2.45, 2.75) is 38.7 Å². The summed E-state index contributed by atoms with van der Waals surface area (Å²) in [5.74, 6) is -0.753. The number of carbonyl (C=O) groups is 2. The second-order valence-electron chi connectivity index (χ2n) is 5.02. The highest BCUT2D eigenvalue weighted by Gasteiger charge is 2.09. The van der Waals surface area contributed by atoms with Crippen molar-refractivity contribution in [1.29, 1.82) is 0 Å². The maximum atomic E-state index is 11.8. The molecule has 5 heteroatoms. The van der Waals surface area contributed by atoms with Crippen LogP contribution in [0.3, 0.4) is 0 Å². The van der Waals surface area contributed by atoms with Gasteiger partial charge in [-0.05, 0) is 18.4 Å². The number of benzene rings is 1. The summed E-state index contributed by atoms with van der Waals surface area (Å²) in [5, 5.41) is 8.51. The zero-order chi connectivity index (χ0) is 15.5. The third-order valence-corrected chi connectivity index (χ3v) is 3.15. The molecule has 0 saturated carbocycles. The molecule has 1 rings (SSSR count). The summed E-state index contributed by atoms with van der Waals surface area (Å²) in [6.45, 7) is 0.906. The standard InChI is InChI=1S/C16H23NO4/c1-17(12-8-3-2-7-11-15(18)19)16(20)21-13-14-9-5-4-6-10-14/h4-6,9-10H,2-3,7-8,11-13H2,1H3,(H,18,19). The first-order chi connectivity index (χ1) is 10.1. The summed E-state index contributed by atoms with van der Waals surface area (Å²) in [5.41, 5.74) is 0.966. The molecule has 21 heavy (non-hydrogen) atoms. The molecule has 1 N–H and O–H groups in total. The average Bonchev–Trinajstić information content (AvgIpc) is 2.48. The number of carboxylic acid groups (broad SMARTS) is 1. The summed E-state index contributed by atoms with van der Waals surface area (Å²) < 4.78 is 5.21. The molecule has 1 aromatic carbocycles. The molecule has 116 valence electrons. The van der Waals surface area contributed by atoms with Crippen molar-refractivity contribution in [3.05, 3.63) is 35.9 Å². The van der Waals surface area contributed by atoms with Crippen molar-refractivity contribution in [3.8, 4) is 0 Å². The molecule has 0 aliphatic heterocycles. The Bertz CT molecular complexity index is 433. The molecule has 0 fully saturated rings. The first kappa shape index (κ1) is 17.0. The second kappa shape index (κ2) is 9.80. The van der Waals surface area contributed by atoms with E-state index in [1.54, 1.807) is 11.9 Å². The molecule has 0 bridgehead atoms. The Morgan fingerprint density at radius 1 is 1.10 bits per heavy atom. The van der Waals surface area contributed by atoms with E-state index < -0.39 is 5.97 Å². The van der Waals surface area contributed by atoms with Gasteiger partial charge in [0.2, 0.25) is 0 Å². The predicted octanol–water partition coefficient (Wildman–Crippen LogP) is 3.29. The van der Waals surface area contributed by atoms with Crippen LogP contribution in [0, 0.1) is 0 Å². The van der Waals surface area contributed by atoms with Gasteiger partial charge >= 0.3 is 12.1 Å². The lowest BCUT2D eigenvalue weighted by Gasteiger charge is -2.16. The van der Waals surface area contributed by atoms with Gasteiger partial charge in [-0.2, -0.15) is 0 Å². The number of nitrogens with zero attached hydrogens (tertiary/aromatic N) is 1. The smallest absolute Gasteiger partial charge is 0.409 e. The van der Waals surface area contributed by atoms with Gasteiger partial charge in [-0.25, -0.2) is 4.79 Å². The fourth-order valence-corrected chi connectivity index (χ4v) is 1.90. The lowest BCUT2D eigenvalue weighted by molar-refractivity contribution is -0.137. The molecule has 0 heterocycles. The molecule has 0 spiro atoms. The molecule has 0 atom stereocenters. The molecule has 1 amide bonds. The van der Waals surface area contributed by atoms with Crippen LogP contribution in [-0.4, -0.2) is 35.7 Å². The van der Waals surface area contributed by atoms with Gasteiger partial charge in [0.05, 0.1) is 0 Å². The van der Waals surface area contributed by atoms with Crippen molar-refractivity contribution in [1.82, 2.24) is 4.90 Å². The van der Waals surface area contributed by atoms with Gasteiger partial charge in [0.1, 0.15) is 6.61 Å². The summed E-state index contributed by atoms with van der Waals surface area (Å²) in [6.07, 6.45) is 3.23. The van der Waals surface area contributed by atoms with Crippen molar-refractivity contribution in [3.63, 3.8) is 0 Å². The van der Waals surface area contributed by atoms with Gasteiger partial charge < -0.3 is 14.7 Å². The van der Waals surface area contributed by atoms with E-state index in [1.165, 1.54) is 0 Å². The molecular formula is C16H23NO4. The number of carboxylic acids is 1. The Labute approximate surface area is 125 Å². The van der Waals surface area contributed by atoms with Crippen LogP contribution in [0.1, 0.15) is 37.7 Å². The SMILES string of the molecule is CN(CCCCCCC(=O)O)C(=O)OCc1ccccc1. The van der Waals surface area contributed by atoms with Crippen molar-refractivity contribution >= 4 is 12.1 Å². The summed E-state index contributed by atoms with van der Waals surface area (Å²) >= 11 is 0. The molecule has 1 aromatic rings. The van der Waals surface area contributed by atoms with Crippen LogP contribution in [0.5, 0.6) is 0 Å². The van der Waals surface area contributed by atoms with E-state index in [1.807, 2.05) is 30.3 Å². The molecule has 0 aromatic heterocycles. The number of ether oxygens (including phenoxy) is 1. The average molecular weight is 293 g/mol. The van der Waals surface area contributed by atoms with E-state index in [0.717, 1.165) is 24.8 Å². The zero-order valence-corrected chi connectivity index (χ0v) is 12.5. The molecule has 0 unspecified atom stereocenters. The van der Waals surface area contributed by atoms with E-state index in [9.17, 15) is 9.59 Å². The maximum absolute atomic E-state index is 11.8. The number of hydrogen-bond donors (Lipinski definition) is 1. The Kier molecular flexibility index (Phi) is 7.94. The minimum atomic E-state index is -0.753. The predicted molar refractivity (Wildman–Crippen MR) is 80.0 cm³/mol. The van der Waals surface area contributed by atoms with Gasteiger partial charge in [0.15, 0.2) is 0 Å². The highest BCUT2D eigenvalue weighted by Crippen LogP contribution is 2.06. The molecule has 0 saturated heterocycles. The lowest BCUT2D eigenvalue weighted by Crippen LogP contribution is -2.28. The largest absolute Gasteiger partial charge is 0.481 e. The minimum absolute atomic E-state index is 0.217. The van der Waals surface area contributed by atoms with Crippen LogP contribution in [0.4, 0.5) is 4.79 Å². The van der Waals surface area contributed by atoms with Gasteiger partial charge in [-0.15, -0.1) is 0 Å². The fraction of sp³-hybridized carbons (Fsp3) is 0.500. The molecule has 0 radical (unpaired) electrons. The number of amides is 1. The third kappa shape index (κ3) is 7.97. The van der Waals surface area contributed by atoms with Gasteiger partial charge in [0.25, 0.3) is 0 Å². The Morgan fingerprint density at radius 2 is 1.76 bits per heavy atom. The number of hydrogen-bond acceptors (Lipinski definition) is 3. The van der Waals surface area contributed by atoms with Crippen LogP contribution in [0.25, 0.3) is 0 Å². The second-order valence-corrected chi connectivity index (χ2v) is 5.02. The summed E-state index contributed by atoms with van der Waals surface area (Å²) in [4.78, 5) is 23.7. The van der Waals surface area contributed by atoms with Crippen LogP contribution in [0.2, 0.25) is 0 Å². The number of carbonyl (C=O) groups excluding carboxylic acids is 1. The molecular weight excluding hydrogens is 270 g/mol. The van der Waals surface area contributed by atoms with Crippen LogP contribution in [-0.2, 0) is 16.1 Å². The third-order valence-electron chi connectivity index (χ3n) is 3.15. The van der Waals surface area contributed by atoms with E-state index in [4.69, 9.17) is 9.84 Å². The lowest BCUT2D eigenvalue weighted by atomic mass is 10.1. The highest BCUT2D eigenvalue weighted by molar-refractivity contribution is 5.67. The molecule has 0 aliphatic carbocycles. The zero-order valence-electron chi connectivity index (χ0n) is 12.5. The number of aliphatic carboxylic acids is 1. The molecule has 0 aliphatic rings. The summed E-state index contributed by atoms with van der Waals surface area (Å²) in [6, 6.07) is 9.56. The Balaban J connectivity index is 2.09. The maximum Gasteiger partial charge on any atom is 0.409 e. The van der Waals surface area contributed by atoms with E-state index in [-0.39, 0.29) is 19.1 Å². The van der Waals surface area contributed by atoms with E-state index >= 15 is 0 Å². The number of unbranched alkanes of at least 4 members (excludes halogenated alkanes) is 3. The monoisotopic (exact) mass is 293 g/mol. The Morgan fingerprint density at radius 3 is 2.43 bits per heavy atom. The Hall–Kier alpha value is -2.04. The summed E-state index contributed by atoms with van der Waals surface area (Å²) in [7, 11) is 1.71. The highest BCUT2D eigenvalue weighted by atomic mass is 16.6. The van der Waals surface area contributed by atoms with Gasteiger partial charge in [-0.3, -0.25) is 4.79 Å². The van der Waals surface area contributed by atoms with Crippen LogP contribution >= 0.6 is 0 Å². The minimum Gasteiger partial charge on any atom is -0.481 e. The fourth-order valence-electron chi connectivity index (χ4n) is 1.90. The van der Waals surface area contributed by atoms with Crippen molar-refractivity contribution < 1.29 is 19.4 Å². The van der Waals surface area contributed by atoms with Crippen LogP contribution < -0.4 is 0 Å².